The highest BCUT2D eigenvalue weighted by molar-refractivity contribution is 7.98. The predicted molar refractivity (Wildman–Crippen MR) is 205 cm³/mol. The van der Waals surface area contributed by atoms with Gasteiger partial charge in [0.15, 0.2) is 0 Å². The van der Waals surface area contributed by atoms with Gasteiger partial charge in [-0.3, -0.25) is 4.79 Å². The molecule has 6 rings (SSSR count). The minimum Gasteiger partial charge on any atom is -0.459 e. The average molecular weight is 733 g/mol. The standard InChI is InChI=1S/C42H56N2O7S/c1-5-21-44(41(47)28-13-14-28)38-27-36(43-48-3)34-25-29(11-7-9-22-45)33(12-8-10-23-46)39-35-26-31(50-30-15-18-32(52-4)19-16-30)17-20-37(35)51-42(38,40(34)39)49-24-6-2/h6,15-20,25-26,28-29,33,38-40,45-46H,2,5,7-14,21-24,27H2,1,3-4H3. The zero-order chi connectivity index (χ0) is 36.7. The SMILES string of the molecule is C=CCOC12Oc3ccc(Oc4ccc(SC)cc4)cc3C3C(CCCCO)C(CCCCO)C=C(C(=NOC)CC1N(CCC)C(=O)C1CC1)C32. The van der Waals surface area contributed by atoms with Crippen LogP contribution in [0.4, 0.5) is 0 Å². The summed E-state index contributed by atoms with van der Waals surface area (Å²) in [5.41, 5.74) is 2.90. The van der Waals surface area contributed by atoms with E-state index in [9.17, 15) is 15.0 Å². The summed E-state index contributed by atoms with van der Waals surface area (Å²) < 4.78 is 20.8. The largest absolute Gasteiger partial charge is 0.459 e. The molecule has 0 saturated heterocycles. The molecule has 6 atom stereocenters. The van der Waals surface area contributed by atoms with Gasteiger partial charge >= 0.3 is 0 Å². The van der Waals surface area contributed by atoms with Crippen molar-refractivity contribution in [1.82, 2.24) is 4.90 Å². The lowest BCUT2D eigenvalue weighted by atomic mass is 9.55. The Bertz CT molecular complexity index is 1590. The van der Waals surface area contributed by atoms with Crippen LogP contribution in [0.3, 0.4) is 0 Å². The summed E-state index contributed by atoms with van der Waals surface area (Å²) in [7, 11) is 1.58. The molecule has 2 N–H and O–H groups in total. The topological polar surface area (TPSA) is 110 Å². The van der Waals surface area contributed by atoms with Gasteiger partial charge in [0.1, 0.15) is 30.4 Å². The number of amides is 1. The lowest BCUT2D eigenvalue weighted by molar-refractivity contribution is -0.257. The highest BCUT2D eigenvalue weighted by Gasteiger charge is 2.65. The number of carbonyl (C=O) groups excluding carboxylic acids is 1. The first kappa shape index (κ1) is 38.4. The Morgan fingerprint density at radius 3 is 2.46 bits per heavy atom. The number of oxime groups is 1. The summed E-state index contributed by atoms with van der Waals surface area (Å²) in [6.07, 6.45) is 14.2. The second-order valence-corrected chi connectivity index (χ2v) is 15.4. The maximum atomic E-state index is 14.2. The molecule has 2 fully saturated rings. The molecule has 4 aliphatic rings. The van der Waals surface area contributed by atoms with Crippen LogP contribution < -0.4 is 9.47 Å². The number of aliphatic hydroxyl groups is 2. The summed E-state index contributed by atoms with van der Waals surface area (Å²) in [5.74, 6) is 1.08. The molecular weight excluding hydrogens is 677 g/mol. The Morgan fingerprint density at radius 1 is 1.08 bits per heavy atom. The number of rotatable bonds is 19. The molecule has 2 saturated carbocycles. The molecule has 0 spiro atoms. The Kier molecular flexibility index (Phi) is 13.1. The lowest BCUT2D eigenvalue weighted by Gasteiger charge is -2.60. The number of benzene rings is 2. The van der Waals surface area contributed by atoms with Crippen LogP contribution in [0, 0.1) is 23.7 Å². The zero-order valence-corrected chi connectivity index (χ0v) is 31.8. The number of carbonyl (C=O) groups is 1. The van der Waals surface area contributed by atoms with E-state index < -0.39 is 11.8 Å². The fraction of sp³-hybridized carbons (Fsp3) is 0.571. The molecule has 52 heavy (non-hydrogen) atoms. The van der Waals surface area contributed by atoms with Gasteiger partial charge in [0, 0.05) is 48.5 Å². The normalized spacial score (nSPS) is 26.8. The van der Waals surface area contributed by atoms with Crippen LogP contribution in [0.2, 0.25) is 0 Å². The fourth-order valence-electron chi connectivity index (χ4n) is 8.83. The second kappa shape index (κ2) is 17.7. The van der Waals surface area contributed by atoms with E-state index in [0.717, 1.165) is 85.5 Å². The number of fused-ring (bicyclic) bond motifs is 2. The van der Waals surface area contributed by atoms with Crippen molar-refractivity contribution in [2.45, 2.75) is 93.8 Å². The van der Waals surface area contributed by atoms with E-state index >= 15 is 0 Å². The average Bonchev–Trinajstić information content (AvgIpc) is 4.01. The minimum atomic E-state index is -1.22. The summed E-state index contributed by atoms with van der Waals surface area (Å²) in [5, 5.41) is 24.3. The van der Waals surface area contributed by atoms with Crippen molar-refractivity contribution in [1.29, 1.82) is 0 Å². The molecule has 10 heteroatoms. The molecule has 6 unspecified atom stereocenters. The highest BCUT2D eigenvalue weighted by atomic mass is 32.2. The molecule has 1 amide bonds. The third-order valence-electron chi connectivity index (χ3n) is 11.2. The van der Waals surface area contributed by atoms with Gasteiger partial charge in [0.05, 0.1) is 18.2 Å². The first-order valence-electron chi connectivity index (χ1n) is 19.2. The Hall–Kier alpha value is -3.31. The summed E-state index contributed by atoms with van der Waals surface area (Å²) >= 11 is 1.69. The van der Waals surface area contributed by atoms with Gasteiger partial charge in [0.2, 0.25) is 11.7 Å². The minimum absolute atomic E-state index is 0.0209. The molecule has 2 aromatic carbocycles. The Labute approximate surface area is 313 Å². The molecular formula is C42H56N2O7S. The number of allylic oxidation sites excluding steroid dienone is 1. The number of nitrogens with zero attached hydrogens (tertiary/aromatic N) is 2. The van der Waals surface area contributed by atoms with Gasteiger partial charge in [0.25, 0.3) is 0 Å². The molecule has 9 nitrogen and oxygen atoms in total. The van der Waals surface area contributed by atoms with E-state index in [1.54, 1.807) is 24.9 Å². The number of hydrogen-bond acceptors (Lipinski definition) is 9. The summed E-state index contributed by atoms with van der Waals surface area (Å²) in [4.78, 5) is 22.9. The van der Waals surface area contributed by atoms with E-state index in [4.69, 9.17) is 19.0 Å². The Morgan fingerprint density at radius 2 is 1.81 bits per heavy atom. The number of unbranched alkanes of at least 4 members (excludes halogenated alkanes) is 2. The Balaban J connectivity index is 1.55. The van der Waals surface area contributed by atoms with Gasteiger partial charge in [-0.1, -0.05) is 37.1 Å². The van der Waals surface area contributed by atoms with Crippen molar-refractivity contribution in [2.24, 2.45) is 28.8 Å². The van der Waals surface area contributed by atoms with E-state index in [-0.39, 0.29) is 55.3 Å². The third-order valence-corrected chi connectivity index (χ3v) is 11.9. The van der Waals surface area contributed by atoms with Crippen molar-refractivity contribution in [2.75, 3.05) is 39.7 Å². The molecule has 0 radical (unpaired) electrons. The van der Waals surface area contributed by atoms with Crippen molar-refractivity contribution < 1.29 is 34.1 Å². The number of aliphatic hydroxyl groups excluding tert-OH is 2. The van der Waals surface area contributed by atoms with E-state index in [2.05, 4.69) is 49.2 Å². The van der Waals surface area contributed by atoms with Crippen molar-refractivity contribution in [3.63, 3.8) is 0 Å². The quantitative estimate of drug-likeness (QED) is 0.0646. The third kappa shape index (κ3) is 7.96. The predicted octanol–water partition coefficient (Wildman–Crippen LogP) is 8.11. The van der Waals surface area contributed by atoms with Crippen LogP contribution in [0.25, 0.3) is 0 Å². The molecule has 1 heterocycles. The highest BCUT2D eigenvalue weighted by Crippen LogP contribution is 2.62. The van der Waals surface area contributed by atoms with Crippen molar-refractivity contribution >= 4 is 23.4 Å². The van der Waals surface area contributed by atoms with Crippen molar-refractivity contribution in [3.05, 3.63) is 72.3 Å². The first-order chi connectivity index (χ1) is 25.4. The molecule has 1 aliphatic heterocycles. The van der Waals surface area contributed by atoms with Gasteiger partial charge < -0.3 is 34.2 Å². The van der Waals surface area contributed by atoms with E-state index in [1.807, 2.05) is 29.2 Å². The van der Waals surface area contributed by atoms with Crippen LogP contribution in [-0.2, 0) is 14.4 Å². The van der Waals surface area contributed by atoms with Gasteiger partial charge in [-0.25, -0.2) is 0 Å². The maximum absolute atomic E-state index is 14.2. The fourth-order valence-corrected chi connectivity index (χ4v) is 9.24. The molecule has 0 aromatic heterocycles. The molecule has 3 aliphatic carbocycles. The second-order valence-electron chi connectivity index (χ2n) is 14.5. The van der Waals surface area contributed by atoms with Gasteiger partial charge in [-0.05, 0) is 111 Å². The number of thioether (sulfide) groups is 1. The monoisotopic (exact) mass is 732 g/mol. The van der Waals surface area contributed by atoms with Crippen LogP contribution in [0.1, 0.15) is 82.6 Å². The van der Waals surface area contributed by atoms with E-state index in [1.165, 1.54) is 4.90 Å². The first-order valence-corrected chi connectivity index (χ1v) is 20.4. The molecule has 0 bridgehead atoms. The summed E-state index contributed by atoms with van der Waals surface area (Å²) in [6.45, 7) is 7.24. The smallest absolute Gasteiger partial charge is 0.239 e. The van der Waals surface area contributed by atoms with Crippen LogP contribution in [0.5, 0.6) is 17.2 Å². The number of ether oxygens (including phenoxy) is 3. The van der Waals surface area contributed by atoms with Gasteiger partial charge in [-0.15, -0.1) is 18.3 Å². The zero-order valence-electron chi connectivity index (χ0n) is 31.0. The number of hydrogen-bond donors (Lipinski definition) is 2. The van der Waals surface area contributed by atoms with Gasteiger partial charge in [-0.2, -0.15) is 0 Å². The van der Waals surface area contributed by atoms with E-state index in [0.29, 0.717) is 19.4 Å². The van der Waals surface area contributed by atoms with Crippen LogP contribution >= 0.6 is 11.8 Å². The van der Waals surface area contributed by atoms with Crippen molar-refractivity contribution in [3.8, 4) is 17.2 Å². The van der Waals surface area contributed by atoms with Crippen LogP contribution in [0.15, 0.2) is 76.8 Å². The molecule has 2 aromatic rings. The lowest BCUT2D eigenvalue weighted by Crippen LogP contribution is -2.70. The maximum Gasteiger partial charge on any atom is 0.239 e. The molecule has 282 valence electrons. The van der Waals surface area contributed by atoms with Crippen LogP contribution in [-0.4, -0.2) is 78.3 Å². The summed E-state index contributed by atoms with van der Waals surface area (Å²) in [6, 6.07) is 13.7.